The number of pyridine rings is 1. The summed E-state index contributed by atoms with van der Waals surface area (Å²) in [6.07, 6.45) is 1.79. The summed E-state index contributed by atoms with van der Waals surface area (Å²) in [5.74, 6) is 1.29. The van der Waals surface area contributed by atoms with Gasteiger partial charge >= 0.3 is 0 Å². The van der Waals surface area contributed by atoms with Crippen molar-refractivity contribution in [3.8, 4) is 11.5 Å². The summed E-state index contributed by atoms with van der Waals surface area (Å²) in [4.78, 5) is 11.2. The maximum absolute atomic E-state index is 5.47. The Hall–Kier alpha value is -2.31. The van der Waals surface area contributed by atoms with Gasteiger partial charge < -0.3 is 9.84 Å². The Morgan fingerprint density at radius 2 is 2.27 bits per heavy atom. The molecule has 1 aliphatic rings. The molecular weight excluding hydrogens is 278 g/mol. The monoisotopic (exact) mass is 295 g/mol. The summed E-state index contributed by atoms with van der Waals surface area (Å²) in [6, 6.07) is 10.1. The van der Waals surface area contributed by atoms with Gasteiger partial charge in [0.05, 0.1) is 11.6 Å². The number of likely N-dealkylation sites (N-methyl/N-ethyl adjacent to an activating group) is 1. The first kappa shape index (κ1) is 13.4. The average Bonchev–Trinajstić information content (AvgIpc) is 3.04. The topological polar surface area (TPSA) is 67.1 Å². The molecule has 0 amide bonds. The van der Waals surface area contributed by atoms with E-state index < -0.39 is 0 Å². The number of rotatable bonds is 2. The molecule has 6 heteroatoms. The number of nitrogens with zero attached hydrogens (tertiary/aromatic N) is 4. The molecule has 0 radical (unpaired) electrons. The Balaban J connectivity index is 1.67. The molecule has 1 aliphatic heterocycles. The van der Waals surface area contributed by atoms with Crippen LogP contribution in [0.5, 0.6) is 0 Å². The van der Waals surface area contributed by atoms with Gasteiger partial charge in [0.2, 0.25) is 0 Å². The predicted molar refractivity (Wildman–Crippen MR) is 83.3 cm³/mol. The molecule has 1 saturated heterocycles. The molecule has 0 aliphatic carbocycles. The van der Waals surface area contributed by atoms with Crippen LogP contribution in [-0.4, -0.2) is 46.7 Å². The minimum atomic E-state index is 0.161. The van der Waals surface area contributed by atoms with Crippen LogP contribution in [0, 0.1) is 0 Å². The highest BCUT2D eigenvalue weighted by molar-refractivity contribution is 5.82. The highest BCUT2D eigenvalue weighted by atomic mass is 16.5. The van der Waals surface area contributed by atoms with Crippen molar-refractivity contribution in [2.45, 2.75) is 6.04 Å². The van der Waals surface area contributed by atoms with Crippen molar-refractivity contribution in [2.75, 3.05) is 26.7 Å². The summed E-state index contributed by atoms with van der Waals surface area (Å²) in [5, 5.41) is 8.59. The molecule has 1 N–H and O–H groups in total. The normalized spacial score (nSPS) is 19.6. The van der Waals surface area contributed by atoms with Crippen LogP contribution >= 0.6 is 0 Å². The molecule has 3 heterocycles. The molecule has 1 aromatic carbocycles. The van der Waals surface area contributed by atoms with Crippen LogP contribution in [0.15, 0.2) is 41.1 Å². The predicted octanol–water partition coefficient (Wildman–Crippen LogP) is 1.86. The van der Waals surface area contributed by atoms with Gasteiger partial charge in [-0.1, -0.05) is 11.2 Å². The molecule has 4 rings (SSSR count). The van der Waals surface area contributed by atoms with Crippen LogP contribution in [-0.2, 0) is 0 Å². The second-order valence-electron chi connectivity index (χ2n) is 5.57. The van der Waals surface area contributed by atoms with Crippen LogP contribution < -0.4 is 5.32 Å². The van der Waals surface area contributed by atoms with E-state index >= 15 is 0 Å². The van der Waals surface area contributed by atoms with Crippen LogP contribution in [0.3, 0.4) is 0 Å². The molecular formula is C16H17N5O. The number of benzene rings is 1. The van der Waals surface area contributed by atoms with E-state index in [4.69, 9.17) is 4.52 Å². The van der Waals surface area contributed by atoms with E-state index in [9.17, 15) is 0 Å². The fraction of sp³-hybridized carbons (Fsp3) is 0.312. The van der Waals surface area contributed by atoms with E-state index in [1.165, 1.54) is 0 Å². The Kier molecular flexibility index (Phi) is 3.32. The van der Waals surface area contributed by atoms with Gasteiger partial charge in [-0.05, 0) is 31.3 Å². The molecule has 6 nitrogen and oxygen atoms in total. The highest BCUT2D eigenvalue weighted by Crippen LogP contribution is 2.25. The molecule has 22 heavy (non-hydrogen) atoms. The number of aromatic nitrogens is 3. The lowest BCUT2D eigenvalue weighted by Gasteiger charge is -2.30. The van der Waals surface area contributed by atoms with Crippen LogP contribution in [0.4, 0.5) is 0 Å². The minimum absolute atomic E-state index is 0.161. The van der Waals surface area contributed by atoms with Gasteiger partial charge in [-0.2, -0.15) is 4.98 Å². The first-order chi connectivity index (χ1) is 10.8. The van der Waals surface area contributed by atoms with E-state index in [-0.39, 0.29) is 6.04 Å². The van der Waals surface area contributed by atoms with E-state index in [2.05, 4.69) is 32.4 Å². The SMILES string of the molecule is CN1CCNCC1c1noc(-c2ccc3ncccc3c2)n1. The third-order valence-electron chi connectivity index (χ3n) is 4.10. The van der Waals surface area contributed by atoms with Crippen LogP contribution in [0.1, 0.15) is 11.9 Å². The average molecular weight is 295 g/mol. The Bertz CT molecular complexity index is 800. The molecule has 0 spiro atoms. The van der Waals surface area contributed by atoms with Gasteiger partial charge in [0.25, 0.3) is 5.89 Å². The molecule has 112 valence electrons. The van der Waals surface area contributed by atoms with E-state index in [1.54, 1.807) is 6.20 Å². The van der Waals surface area contributed by atoms with Gasteiger partial charge in [-0.25, -0.2) is 0 Å². The third kappa shape index (κ3) is 2.36. The lowest BCUT2D eigenvalue weighted by Crippen LogP contribution is -2.44. The van der Waals surface area contributed by atoms with Crippen molar-refractivity contribution in [3.63, 3.8) is 0 Å². The number of fused-ring (bicyclic) bond motifs is 1. The third-order valence-corrected chi connectivity index (χ3v) is 4.10. The standard InChI is InChI=1S/C16H17N5O/c1-21-8-7-17-10-14(21)15-19-16(22-20-15)12-4-5-13-11(9-12)3-2-6-18-13/h2-6,9,14,17H,7-8,10H2,1H3. The number of hydrogen-bond acceptors (Lipinski definition) is 6. The quantitative estimate of drug-likeness (QED) is 0.778. The van der Waals surface area contributed by atoms with Crippen LogP contribution in [0.25, 0.3) is 22.4 Å². The number of nitrogens with one attached hydrogen (secondary N) is 1. The summed E-state index contributed by atoms with van der Waals surface area (Å²) in [6.45, 7) is 2.82. The van der Waals surface area contributed by atoms with Crippen molar-refractivity contribution in [1.82, 2.24) is 25.3 Å². The van der Waals surface area contributed by atoms with Crippen molar-refractivity contribution >= 4 is 10.9 Å². The summed E-state index contributed by atoms with van der Waals surface area (Å²) in [5.41, 5.74) is 1.88. The molecule has 0 saturated carbocycles. The first-order valence-corrected chi connectivity index (χ1v) is 7.41. The van der Waals surface area contributed by atoms with Gasteiger partial charge in [-0.3, -0.25) is 9.88 Å². The molecule has 3 aromatic rings. The minimum Gasteiger partial charge on any atom is -0.334 e. The molecule has 2 aromatic heterocycles. The summed E-state index contributed by atoms with van der Waals surface area (Å²) < 4.78 is 5.47. The van der Waals surface area contributed by atoms with Gasteiger partial charge in [0, 0.05) is 36.8 Å². The maximum atomic E-state index is 5.47. The smallest absolute Gasteiger partial charge is 0.258 e. The van der Waals surface area contributed by atoms with Crippen LogP contribution in [0.2, 0.25) is 0 Å². The van der Waals surface area contributed by atoms with Crippen molar-refractivity contribution in [2.24, 2.45) is 0 Å². The Morgan fingerprint density at radius 1 is 1.32 bits per heavy atom. The largest absolute Gasteiger partial charge is 0.334 e. The second-order valence-corrected chi connectivity index (χ2v) is 5.57. The molecule has 1 fully saturated rings. The van der Waals surface area contributed by atoms with E-state index in [0.29, 0.717) is 5.89 Å². The lowest BCUT2D eigenvalue weighted by atomic mass is 10.1. The molecule has 0 bridgehead atoms. The lowest BCUT2D eigenvalue weighted by molar-refractivity contribution is 0.190. The fourth-order valence-corrected chi connectivity index (χ4v) is 2.79. The second kappa shape index (κ2) is 5.47. The van der Waals surface area contributed by atoms with Crippen molar-refractivity contribution in [1.29, 1.82) is 0 Å². The highest BCUT2D eigenvalue weighted by Gasteiger charge is 2.25. The number of piperazine rings is 1. The zero-order valence-corrected chi connectivity index (χ0v) is 12.4. The Labute approximate surface area is 128 Å². The zero-order valence-electron chi connectivity index (χ0n) is 12.4. The summed E-state index contributed by atoms with van der Waals surface area (Å²) >= 11 is 0. The van der Waals surface area contributed by atoms with Gasteiger partial charge in [-0.15, -0.1) is 0 Å². The van der Waals surface area contributed by atoms with Crippen molar-refractivity contribution in [3.05, 3.63) is 42.4 Å². The fourth-order valence-electron chi connectivity index (χ4n) is 2.79. The van der Waals surface area contributed by atoms with E-state index in [1.807, 2.05) is 30.3 Å². The molecule has 1 unspecified atom stereocenters. The molecule has 1 atom stereocenters. The zero-order chi connectivity index (χ0) is 14.9. The van der Waals surface area contributed by atoms with Gasteiger partial charge in [0.1, 0.15) is 0 Å². The Morgan fingerprint density at radius 3 is 3.18 bits per heavy atom. The van der Waals surface area contributed by atoms with E-state index in [0.717, 1.165) is 41.9 Å². The first-order valence-electron chi connectivity index (χ1n) is 7.41. The van der Waals surface area contributed by atoms with Gasteiger partial charge in [0.15, 0.2) is 5.82 Å². The number of hydrogen-bond donors (Lipinski definition) is 1. The maximum Gasteiger partial charge on any atom is 0.258 e. The summed E-state index contributed by atoms with van der Waals surface area (Å²) in [7, 11) is 2.09. The van der Waals surface area contributed by atoms with Crippen molar-refractivity contribution < 1.29 is 4.52 Å².